The number of carbonyl (C=O) groups excluding carboxylic acids is 2. The lowest BCUT2D eigenvalue weighted by molar-refractivity contribution is -0.136. The quantitative estimate of drug-likeness (QED) is 0.878. The van der Waals surface area contributed by atoms with Crippen LogP contribution in [0.25, 0.3) is 0 Å². The fraction of sp³-hybridized carbons (Fsp3) is 0.688. The smallest absolute Gasteiger partial charge is 0.225 e. The number of nitrogens with zero attached hydrogens (tertiary/aromatic N) is 3. The fourth-order valence-corrected chi connectivity index (χ4v) is 3.03. The summed E-state index contributed by atoms with van der Waals surface area (Å²) in [4.78, 5) is 26.0. The standard InChI is InChI=1S/C16H24N4O3/c1-11(2)16(22)19-4-5-20-14(9-19)7-13(18-20)8-17-15(21)12-3-6-23-10-12/h7,11-12H,3-6,8-10H2,1-2H3,(H,17,21). The average Bonchev–Trinajstić information content (AvgIpc) is 3.19. The van der Waals surface area contributed by atoms with Crippen LogP contribution in [0.1, 0.15) is 31.7 Å². The van der Waals surface area contributed by atoms with Gasteiger partial charge in [0.2, 0.25) is 11.8 Å². The zero-order valence-corrected chi connectivity index (χ0v) is 13.7. The fourth-order valence-electron chi connectivity index (χ4n) is 3.03. The van der Waals surface area contributed by atoms with Crippen LogP contribution >= 0.6 is 0 Å². The molecule has 1 aromatic heterocycles. The van der Waals surface area contributed by atoms with E-state index in [1.165, 1.54) is 0 Å². The van der Waals surface area contributed by atoms with Crippen LogP contribution in [0, 0.1) is 11.8 Å². The van der Waals surface area contributed by atoms with Crippen molar-refractivity contribution in [3.05, 3.63) is 17.5 Å². The molecule has 2 aliphatic rings. The van der Waals surface area contributed by atoms with Crippen molar-refractivity contribution in [1.29, 1.82) is 0 Å². The van der Waals surface area contributed by atoms with E-state index in [-0.39, 0.29) is 23.7 Å². The molecule has 1 atom stereocenters. The topological polar surface area (TPSA) is 76.5 Å². The molecule has 7 nitrogen and oxygen atoms in total. The molecule has 1 unspecified atom stereocenters. The van der Waals surface area contributed by atoms with Gasteiger partial charge in [-0.2, -0.15) is 5.10 Å². The summed E-state index contributed by atoms with van der Waals surface area (Å²) in [6, 6.07) is 1.98. The molecule has 1 aromatic rings. The molecule has 3 rings (SSSR count). The number of fused-ring (bicyclic) bond motifs is 1. The number of rotatable bonds is 4. The molecule has 0 aliphatic carbocycles. The number of aromatic nitrogens is 2. The van der Waals surface area contributed by atoms with Gasteiger partial charge in [0, 0.05) is 19.1 Å². The molecule has 126 valence electrons. The van der Waals surface area contributed by atoms with Gasteiger partial charge in [0.1, 0.15) is 0 Å². The second-order valence-corrected chi connectivity index (χ2v) is 6.54. The molecule has 0 bridgehead atoms. The van der Waals surface area contributed by atoms with Crippen molar-refractivity contribution in [2.45, 2.75) is 39.9 Å². The van der Waals surface area contributed by atoms with E-state index in [0.29, 0.717) is 39.4 Å². The van der Waals surface area contributed by atoms with Gasteiger partial charge in [-0.1, -0.05) is 13.8 Å². The summed E-state index contributed by atoms with van der Waals surface area (Å²) in [6.07, 6.45) is 0.789. The Morgan fingerprint density at radius 3 is 2.96 bits per heavy atom. The molecule has 23 heavy (non-hydrogen) atoms. The molecule has 1 saturated heterocycles. The first-order valence-corrected chi connectivity index (χ1v) is 8.24. The highest BCUT2D eigenvalue weighted by Gasteiger charge is 2.25. The van der Waals surface area contributed by atoms with Gasteiger partial charge in [0.25, 0.3) is 0 Å². The Hall–Kier alpha value is -1.89. The molecule has 1 N–H and O–H groups in total. The highest BCUT2D eigenvalue weighted by atomic mass is 16.5. The predicted molar refractivity (Wildman–Crippen MR) is 83.3 cm³/mol. The van der Waals surface area contributed by atoms with Gasteiger partial charge in [0.05, 0.1) is 43.5 Å². The van der Waals surface area contributed by atoms with Gasteiger partial charge in [-0.15, -0.1) is 0 Å². The molecule has 7 heteroatoms. The number of hydrogen-bond donors (Lipinski definition) is 1. The average molecular weight is 320 g/mol. The normalized spacial score (nSPS) is 20.7. The van der Waals surface area contributed by atoms with Crippen LogP contribution in [0.15, 0.2) is 6.07 Å². The maximum atomic E-state index is 12.1. The Labute approximate surface area is 136 Å². The maximum Gasteiger partial charge on any atom is 0.225 e. The van der Waals surface area contributed by atoms with Crippen molar-refractivity contribution in [1.82, 2.24) is 20.0 Å². The summed E-state index contributed by atoms with van der Waals surface area (Å²) in [5.41, 5.74) is 1.87. The number of nitrogens with one attached hydrogen (secondary N) is 1. The zero-order valence-electron chi connectivity index (χ0n) is 13.7. The minimum atomic E-state index is -0.0357. The van der Waals surface area contributed by atoms with Gasteiger partial charge in [-0.3, -0.25) is 14.3 Å². The van der Waals surface area contributed by atoms with Crippen LogP contribution < -0.4 is 5.32 Å². The van der Waals surface area contributed by atoms with Crippen LogP contribution in [-0.2, 0) is 34.0 Å². The highest BCUT2D eigenvalue weighted by molar-refractivity contribution is 5.79. The lowest BCUT2D eigenvalue weighted by atomic mass is 10.1. The van der Waals surface area contributed by atoms with Crippen LogP contribution in [0.5, 0.6) is 0 Å². The van der Waals surface area contributed by atoms with Gasteiger partial charge >= 0.3 is 0 Å². The molecule has 0 saturated carbocycles. The van der Waals surface area contributed by atoms with Crippen LogP contribution in [-0.4, -0.2) is 46.3 Å². The Morgan fingerprint density at radius 1 is 1.43 bits per heavy atom. The predicted octanol–water partition coefficient (Wildman–Crippen LogP) is 0.534. The van der Waals surface area contributed by atoms with E-state index in [4.69, 9.17) is 4.74 Å². The molecular weight excluding hydrogens is 296 g/mol. The Bertz CT molecular complexity index is 590. The second-order valence-electron chi connectivity index (χ2n) is 6.54. The monoisotopic (exact) mass is 320 g/mol. The first kappa shape index (κ1) is 16.0. The molecule has 3 heterocycles. The third-order valence-electron chi connectivity index (χ3n) is 4.40. The van der Waals surface area contributed by atoms with Crippen molar-refractivity contribution < 1.29 is 14.3 Å². The van der Waals surface area contributed by atoms with Crippen molar-refractivity contribution in [3.8, 4) is 0 Å². The molecule has 0 aromatic carbocycles. The molecule has 0 spiro atoms. The number of hydrogen-bond acceptors (Lipinski definition) is 4. The zero-order chi connectivity index (χ0) is 16.4. The summed E-state index contributed by atoms with van der Waals surface area (Å²) in [5, 5.41) is 7.45. The summed E-state index contributed by atoms with van der Waals surface area (Å²) in [5.74, 6) is 0.182. The number of carbonyl (C=O) groups is 2. The Kier molecular flexibility index (Phi) is 4.66. The summed E-state index contributed by atoms with van der Waals surface area (Å²) >= 11 is 0. The lowest BCUT2D eigenvalue weighted by Crippen LogP contribution is -2.40. The van der Waals surface area contributed by atoms with Gasteiger partial charge in [-0.05, 0) is 12.5 Å². The van der Waals surface area contributed by atoms with E-state index >= 15 is 0 Å². The summed E-state index contributed by atoms with van der Waals surface area (Å²) in [7, 11) is 0. The van der Waals surface area contributed by atoms with E-state index in [0.717, 1.165) is 17.8 Å². The van der Waals surface area contributed by atoms with E-state index < -0.39 is 0 Å². The highest BCUT2D eigenvalue weighted by Crippen LogP contribution is 2.16. The Morgan fingerprint density at radius 2 is 2.26 bits per heavy atom. The first-order chi connectivity index (χ1) is 11.0. The SMILES string of the molecule is CC(C)C(=O)N1CCn2nc(CNC(=O)C3CCOC3)cc2C1. The summed E-state index contributed by atoms with van der Waals surface area (Å²) in [6.45, 7) is 7.43. The maximum absolute atomic E-state index is 12.1. The molecule has 2 amide bonds. The van der Waals surface area contributed by atoms with Crippen LogP contribution in [0.4, 0.5) is 0 Å². The largest absolute Gasteiger partial charge is 0.381 e. The molecule has 0 radical (unpaired) electrons. The third-order valence-corrected chi connectivity index (χ3v) is 4.40. The van der Waals surface area contributed by atoms with E-state index in [1.807, 2.05) is 29.5 Å². The summed E-state index contributed by atoms with van der Waals surface area (Å²) < 4.78 is 7.17. The van der Waals surface area contributed by atoms with Crippen molar-refractivity contribution >= 4 is 11.8 Å². The second kappa shape index (κ2) is 6.70. The van der Waals surface area contributed by atoms with Crippen LogP contribution in [0.2, 0.25) is 0 Å². The van der Waals surface area contributed by atoms with Crippen molar-refractivity contribution in [2.75, 3.05) is 19.8 Å². The van der Waals surface area contributed by atoms with Crippen molar-refractivity contribution in [3.63, 3.8) is 0 Å². The first-order valence-electron chi connectivity index (χ1n) is 8.24. The van der Waals surface area contributed by atoms with Crippen LogP contribution in [0.3, 0.4) is 0 Å². The van der Waals surface area contributed by atoms with Crippen molar-refractivity contribution in [2.24, 2.45) is 11.8 Å². The third kappa shape index (κ3) is 3.55. The molecule has 1 fully saturated rings. The van der Waals surface area contributed by atoms with E-state index in [9.17, 15) is 9.59 Å². The van der Waals surface area contributed by atoms with Gasteiger partial charge in [-0.25, -0.2) is 0 Å². The number of amides is 2. The molecular formula is C16H24N4O3. The Balaban J connectivity index is 1.57. The minimum Gasteiger partial charge on any atom is -0.381 e. The van der Waals surface area contributed by atoms with Gasteiger partial charge < -0.3 is 15.0 Å². The van der Waals surface area contributed by atoms with E-state index in [2.05, 4.69) is 10.4 Å². The lowest BCUT2D eigenvalue weighted by Gasteiger charge is -2.29. The number of ether oxygens (including phenoxy) is 1. The van der Waals surface area contributed by atoms with Gasteiger partial charge in [0.15, 0.2) is 0 Å². The minimum absolute atomic E-state index is 0.0110. The molecule has 2 aliphatic heterocycles. The van der Waals surface area contributed by atoms with E-state index in [1.54, 1.807) is 0 Å².